The number of amides is 1. The number of ether oxygens (including phenoxy) is 1. The van der Waals surface area contributed by atoms with Crippen molar-refractivity contribution >= 4 is 5.91 Å². The second-order valence-corrected chi connectivity index (χ2v) is 7.73. The van der Waals surface area contributed by atoms with Crippen LogP contribution in [0, 0.1) is 6.92 Å². The molecular formula is C19H27N5O3. The van der Waals surface area contributed by atoms with Crippen molar-refractivity contribution < 1.29 is 14.1 Å². The van der Waals surface area contributed by atoms with E-state index in [1.807, 2.05) is 14.0 Å². The van der Waals surface area contributed by atoms with Crippen molar-refractivity contribution in [3.05, 3.63) is 29.2 Å². The van der Waals surface area contributed by atoms with Gasteiger partial charge in [-0.25, -0.2) is 0 Å². The lowest BCUT2D eigenvalue weighted by atomic mass is 9.88. The van der Waals surface area contributed by atoms with Gasteiger partial charge in [0.05, 0.1) is 24.3 Å². The molecular weight excluding hydrogens is 346 g/mol. The van der Waals surface area contributed by atoms with E-state index in [0.29, 0.717) is 23.9 Å². The molecule has 0 bridgehead atoms. The van der Waals surface area contributed by atoms with Crippen LogP contribution in [-0.2, 0) is 17.3 Å². The number of carbonyl (C=O) groups is 1. The number of nitrogens with one attached hydrogen (secondary N) is 1. The molecule has 1 amide bonds. The van der Waals surface area contributed by atoms with Gasteiger partial charge in [-0.1, -0.05) is 30.8 Å². The number of aromatic nitrogens is 4. The molecule has 2 aromatic rings. The van der Waals surface area contributed by atoms with E-state index in [2.05, 4.69) is 15.6 Å². The smallest absolute Gasteiger partial charge is 0.255 e. The van der Waals surface area contributed by atoms with E-state index in [-0.39, 0.29) is 11.8 Å². The molecule has 3 heterocycles. The predicted molar refractivity (Wildman–Crippen MR) is 97.3 cm³/mol. The molecule has 0 aromatic carbocycles. The molecule has 8 nitrogen and oxygen atoms in total. The number of carbonyl (C=O) groups excluding carboxylic acids is 1. The van der Waals surface area contributed by atoms with E-state index in [1.54, 1.807) is 10.9 Å². The molecule has 4 rings (SSSR count). The normalized spacial score (nSPS) is 22.5. The van der Waals surface area contributed by atoms with Gasteiger partial charge in [-0.05, 0) is 26.2 Å². The van der Waals surface area contributed by atoms with Crippen molar-refractivity contribution in [2.75, 3.05) is 13.2 Å². The van der Waals surface area contributed by atoms with Gasteiger partial charge in [-0.2, -0.15) is 10.1 Å². The minimum Gasteiger partial charge on any atom is -0.381 e. The Kier molecular flexibility index (Phi) is 4.99. The number of hydrogen-bond donors (Lipinski definition) is 1. The third kappa shape index (κ3) is 3.50. The number of hydrogen-bond acceptors (Lipinski definition) is 6. The van der Waals surface area contributed by atoms with E-state index < -0.39 is 5.54 Å². The van der Waals surface area contributed by atoms with Gasteiger partial charge in [-0.3, -0.25) is 9.48 Å². The van der Waals surface area contributed by atoms with Gasteiger partial charge in [0.2, 0.25) is 5.89 Å². The first-order valence-corrected chi connectivity index (χ1v) is 9.82. The highest BCUT2D eigenvalue weighted by Crippen LogP contribution is 2.36. The van der Waals surface area contributed by atoms with Gasteiger partial charge in [0, 0.05) is 19.3 Å². The number of nitrogens with zero attached hydrogens (tertiary/aromatic N) is 4. The third-order valence-corrected chi connectivity index (χ3v) is 5.94. The highest BCUT2D eigenvalue weighted by Gasteiger charge is 2.40. The molecule has 1 aliphatic carbocycles. The van der Waals surface area contributed by atoms with Crippen LogP contribution in [0.15, 0.2) is 10.7 Å². The lowest BCUT2D eigenvalue weighted by Crippen LogP contribution is -2.46. The second kappa shape index (κ2) is 7.42. The van der Waals surface area contributed by atoms with Crippen molar-refractivity contribution in [3.8, 4) is 0 Å². The Labute approximate surface area is 158 Å². The van der Waals surface area contributed by atoms with E-state index in [9.17, 15) is 4.79 Å². The number of aryl methyl sites for hydroxylation is 1. The van der Waals surface area contributed by atoms with Crippen molar-refractivity contribution in [2.24, 2.45) is 7.05 Å². The summed E-state index contributed by atoms with van der Waals surface area (Å²) in [7, 11) is 1.84. The van der Waals surface area contributed by atoms with Gasteiger partial charge >= 0.3 is 0 Å². The minimum atomic E-state index is -0.586. The Bertz CT molecular complexity index is 798. The summed E-state index contributed by atoms with van der Waals surface area (Å²) in [6.07, 6.45) is 8.53. The second-order valence-electron chi connectivity index (χ2n) is 7.73. The topological polar surface area (TPSA) is 95.1 Å². The van der Waals surface area contributed by atoms with Crippen molar-refractivity contribution in [3.63, 3.8) is 0 Å². The van der Waals surface area contributed by atoms with Crippen LogP contribution in [-0.4, -0.2) is 39.0 Å². The fourth-order valence-corrected chi connectivity index (χ4v) is 4.07. The molecule has 2 fully saturated rings. The molecule has 27 heavy (non-hydrogen) atoms. The molecule has 2 aliphatic rings. The van der Waals surface area contributed by atoms with Crippen LogP contribution in [0.4, 0.5) is 0 Å². The fraction of sp³-hybridized carbons (Fsp3) is 0.684. The minimum absolute atomic E-state index is 0.127. The summed E-state index contributed by atoms with van der Waals surface area (Å²) in [5.74, 6) is 1.25. The predicted octanol–water partition coefficient (Wildman–Crippen LogP) is 2.59. The molecule has 1 saturated heterocycles. The molecule has 8 heteroatoms. The van der Waals surface area contributed by atoms with Crippen LogP contribution in [0.25, 0.3) is 0 Å². The van der Waals surface area contributed by atoms with Crippen molar-refractivity contribution in [2.45, 2.75) is 63.3 Å². The van der Waals surface area contributed by atoms with E-state index in [0.717, 1.165) is 57.2 Å². The summed E-state index contributed by atoms with van der Waals surface area (Å²) >= 11 is 0. The van der Waals surface area contributed by atoms with Crippen LogP contribution in [0.3, 0.4) is 0 Å². The van der Waals surface area contributed by atoms with Gasteiger partial charge in [0.1, 0.15) is 5.54 Å². The monoisotopic (exact) mass is 373 g/mol. The van der Waals surface area contributed by atoms with E-state index in [1.165, 1.54) is 0 Å². The highest BCUT2D eigenvalue weighted by molar-refractivity contribution is 5.95. The molecule has 0 unspecified atom stereocenters. The van der Waals surface area contributed by atoms with Crippen LogP contribution in [0.2, 0.25) is 0 Å². The molecule has 0 spiro atoms. The maximum Gasteiger partial charge on any atom is 0.255 e. The first-order valence-electron chi connectivity index (χ1n) is 9.82. The standard InChI is InChI=1S/C19H27N5O3/c1-13-15(11-20-24(13)2)16(25)22-19(8-5-3-4-6-9-19)18-21-17(27-23-18)14-7-10-26-12-14/h11,14H,3-10,12H2,1-2H3,(H,22,25)/t14-/m0/s1. The highest BCUT2D eigenvalue weighted by atomic mass is 16.5. The maximum absolute atomic E-state index is 13.0. The van der Waals surface area contributed by atoms with Gasteiger partial charge in [0.15, 0.2) is 5.82 Å². The average molecular weight is 373 g/mol. The van der Waals surface area contributed by atoms with E-state index >= 15 is 0 Å². The largest absolute Gasteiger partial charge is 0.381 e. The fourth-order valence-electron chi connectivity index (χ4n) is 4.07. The summed E-state index contributed by atoms with van der Waals surface area (Å²) in [5.41, 5.74) is 0.846. The zero-order valence-corrected chi connectivity index (χ0v) is 16.0. The zero-order chi connectivity index (χ0) is 18.9. The molecule has 1 N–H and O–H groups in total. The van der Waals surface area contributed by atoms with E-state index in [4.69, 9.17) is 14.2 Å². The maximum atomic E-state index is 13.0. The van der Waals surface area contributed by atoms with Crippen molar-refractivity contribution in [1.82, 2.24) is 25.2 Å². The van der Waals surface area contributed by atoms with Gasteiger partial charge < -0.3 is 14.6 Å². The van der Waals surface area contributed by atoms with Crippen molar-refractivity contribution in [1.29, 1.82) is 0 Å². The first-order chi connectivity index (χ1) is 13.1. The van der Waals surface area contributed by atoms with Gasteiger partial charge in [-0.15, -0.1) is 0 Å². The summed E-state index contributed by atoms with van der Waals surface area (Å²) in [4.78, 5) is 17.7. The van der Waals surface area contributed by atoms with Crippen LogP contribution in [0.1, 0.15) is 78.6 Å². The molecule has 0 radical (unpaired) electrons. The molecule has 146 valence electrons. The third-order valence-electron chi connectivity index (χ3n) is 5.94. The summed E-state index contributed by atoms with van der Waals surface area (Å²) in [5, 5.41) is 11.7. The Hall–Kier alpha value is -2.22. The molecule has 1 atom stereocenters. The lowest BCUT2D eigenvalue weighted by Gasteiger charge is -2.30. The average Bonchev–Trinajstić information content (AvgIpc) is 3.37. The number of rotatable bonds is 4. The lowest BCUT2D eigenvalue weighted by molar-refractivity contribution is 0.0876. The Morgan fingerprint density at radius 3 is 2.70 bits per heavy atom. The van der Waals surface area contributed by atoms with Gasteiger partial charge in [0.25, 0.3) is 5.91 Å². The Balaban J connectivity index is 1.63. The SMILES string of the molecule is Cc1c(C(=O)NC2(c3noc([C@H]4CCOC4)n3)CCCCCC2)cnn1C. The molecule has 1 saturated carbocycles. The molecule has 2 aromatic heterocycles. The Morgan fingerprint density at radius 1 is 1.30 bits per heavy atom. The molecule has 1 aliphatic heterocycles. The summed E-state index contributed by atoms with van der Waals surface area (Å²) < 4.78 is 12.7. The summed E-state index contributed by atoms with van der Waals surface area (Å²) in [6, 6.07) is 0. The summed E-state index contributed by atoms with van der Waals surface area (Å²) in [6.45, 7) is 3.24. The quantitative estimate of drug-likeness (QED) is 0.828. The van der Waals surface area contributed by atoms with Crippen LogP contribution >= 0.6 is 0 Å². The Morgan fingerprint density at radius 2 is 2.07 bits per heavy atom. The first kappa shape index (κ1) is 18.2. The zero-order valence-electron chi connectivity index (χ0n) is 16.0. The van der Waals surface area contributed by atoms with Crippen LogP contribution < -0.4 is 5.32 Å². The van der Waals surface area contributed by atoms with Crippen LogP contribution in [0.5, 0.6) is 0 Å².